The summed E-state index contributed by atoms with van der Waals surface area (Å²) < 4.78 is 28.2. The second kappa shape index (κ2) is 4.13. The van der Waals surface area contributed by atoms with Gasteiger partial charge in [-0.25, -0.2) is 8.78 Å². The molecule has 0 atom stereocenters. The molecule has 1 nitrogen and oxygen atoms in total. The van der Waals surface area contributed by atoms with Gasteiger partial charge in [0.2, 0.25) is 5.92 Å². The van der Waals surface area contributed by atoms with Gasteiger partial charge in [0.05, 0.1) is 27.9 Å². The lowest BCUT2D eigenvalue weighted by atomic mass is 9.87. The van der Waals surface area contributed by atoms with Crippen LogP contribution in [0.5, 0.6) is 0 Å². The minimum atomic E-state index is -2.45. The first-order chi connectivity index (χ1) is 5.55. The third kappa shape index (κ3) is 2.76. The molecule has 1 rings (SSSR count). The van der Waals surface area contributed by atoms with Crippen LogP contribution < -0.4 is 3.53 Å². The van der Waals surface area contributed by atoms with Gasteiger partial charge >= 0.3 is 0 Å². The Morgan fingerprint density at radius 3 is 2.33 bits per heavy atom. The fourth-order valence-corrected chi connectivity index (χ4v) is 2.06. The Morgan fingerprint density at radius 1 is 1.42 bits per heavy atom. The lowest BCUT2D eigenvalue weighted by molar-refractivity contribution is -0.0393. The second-order valence-electron chi connectivity index (χ2n) is 3.09. The number of rotatable bonds is 1. The largest absolute Gasteiger partial charge is 0.323 e. The predicted octanol–water partition coefficient (Wildman–Crippen LogP) is 3.08. The SMILES string of the molecule is FC1(F)CCC(C(=S)NI)CC1. The van der Waals surface area contributed by atoms with Gasteiger partial charge in [0, 0.05) is 18.8 Å². The van der Waals surface area contributed by atoms with Crippen molar-refractivity contribution in [3.8, 4) is 0 Å². The monoisotopic (exact) mass is 305 g/mol. The molecule has 0 radical (unpaired) electrons. The van der Waals surface area contributed by atoms with Crippen molar-refractivity contribution in [2.45, 2.75) is 31.6 Å². The van der Waals surface area contributed by atoms with E-state index in [9.17, 15) is 8.78 Å². The average molecular weight is 305 g/mol. The van der Waals surface area contributed by atoms with Crippen LogP contribution in [0.4, 0.5) is 8.78 Å². The number of nitrogens with one attached hydrogen (secondary N) is 1. The molecule has 0 heterocycles. The van der Waals surface area contributed by atoms with Gasteiger partial charge in [-0.1, -0.05) is 12.2 Å². The Morgan fingerprint density at radius 2 is 1.92 bits per heavy atom. The van der Waals surface area contributed by atoms with E-state index in [0.717, 1.165) is 0 Å². The van der Waals surface area contributed by atoms with E-state index in [4.69, 9.17) is 12.2 Å². The molecule has 70 valence electrons. The number of hydrogen-bond donors (Lipinski definition) is 1. The van der Waals surface area contributed by atoms with Crippen LogP contribution >= 0.6 is 35.1 Å². The number of thiocarbonyl (C=S) groups is 1. The molecule has 0 saturated heterocycles. The van der Waals surface area contributed by atoms with Gasteiger partial charge in [0.25, 0.3) is 0 Å². The Hall–Kier alpha value is 0.480. The average Bonchev–Trinajstić information content (AvgIpc) is 2.03. The molecule has 1 saturated carbocycles. The maximum atomic E-state index is 12.7. The van der Waals surface area contributed by atoms with E-state index in [0.29, 0.717) is 17.8 Å². The van der Waals surface area contributed by atoms with Crippen molar-refractivity contribution < 1.29 is 8.78 Å². The van der Waals surface area contributed by atoms with Crippen molar-refractivity contribution in [1.82, 2.24) is 3.53 Å². The molecule has 1 fully saturated rings. The molecular weight excluding hydrogens is 295 g/mol. The van der Waals surface area contributed by atoms with Gasteiger partial charge < -0.3 is 3.53 Å². The van der Waals surface area contributed by atoms with Gasteiger partial charge in [-0.3, -0.25) is 0 Å². The quantitative estimate of drug-likeness (QED) is 0.454. The zero-order chi connectivity index (χ0) is 9.19. The van der Waals surface area contributed by atoms with Gasteiger partial charge in [0.15, 0.2) is 0 Å². The molecule has 1 aliphatic rings. The van der Waals surface area contributed by atoms with Crippen LogP contribution in [-0.2, 0) is 0 Å². The summed E-state index contributed by atoms with van der Waals surface area (Å²) in [5, 5.41) is 0. The zero-order valence-electron chi connectivity index (χ0n) is 6.45. The van der Waals surface area contributed by atoms with Crippen molar-refractivity contribution in [2.24, 2.45) is 5.92 Å². The lowest BCUT2D eigenvalue weighted by Gasteiger charge is -2.27. The first kappa shape index (κ1) is 10.6. The summed E-state index contributed by atoms with van der Waals surface area (Å²) in [6.45, 7) is 0. The minimum absolute atomic E-state index is 0.0177. The van der Waals surface area contributed by atoms with E-state index in [1.54, 1.807) is 0 Å². The Labute approximate surface area is 89.8 Å². The highest BCUT2D eigenvalue weighted by Crippen LogP contribution is 2.36. The molecule has 0 aromatic rings. The summed E-state index contributed by atoms with van der Waals surface area (Å²) in [5.74, 6) is -2.28. The van der Waals surface area contributed by atoms with E-state index in [2.05, 4.69) is 3.53 Å². The number of halogens is 3. The molecule has 0 bridgehead atoms. The highest BCUT2D eigenvalue weighted by atomic mass is 127. The van der Waals surface area contributed by atoms with Gasteiger partial charge in [-0.15, -0.1) is 0 Å². The van der Waals surface area contributed by atoms with E-state index in [-0.39, 0.29) is 18.8 Å². The third-order valence-electron chi connectivity index (χ3n) is 2.18. The first-order valence-electron chi connectivity index (χ1n) is 3.83. The lowest BCUT2D eigenvalue weighted by Crippen LogP contribution is -2.31. The van der Waals surface area contributed by atoms with E-state index in [1.165, 1.54) is 0 Å². The van der Waals surface area contributed by atoms with Crippen LogP contribution in [0.2, 0.25) is 0 Å². The molecule has 0 aliphatic heterocycles. The fourth-order valence-electron chi connectivity index (χ4n) is 1.38. The molecular formula is C7H10F2INS. The van der Waals surface area contributed by atoms with Gasteiger partial charge in [-0.05, 0) is 12.8 Å². The topological polar surface area (TPSA) is 12.0 Å². The van der Waals surface area contributed by atoms with Crippen LogP contribution in [0.1, 0.15) is 25.7 Å². The highest BCUT2D eigenvalue weighted by molar-refractivity contribution is 14.1. The van der Waals surface area contributed by atoms with E-state index >= 15 is 0 Å². The molecule has 1 N–H and O–H groups in total. The summed E-state index contributed by atoms with van der Waals surface area (Å²) in [6, 6.07) is 0. The molecule has 0 aromatic heterocycles. The standard InChI is InChI=1S/C7H10F2INS/c8-7(9)3-1-5(2-4-7)6(12)11-10/h5H,1-4H2,(H,11,12). The second-order valence-corrected chi connectivity index (χ2v) is 4.07. The molecule has 0 spiro atoms. The van der Waals surface area contributed by atoms with Crippen molar-refractivity contribution >= 4 is 40.1 Å². The van der Waals surface area contributed by atoms with Crippen LogP contribution in [0, 0.1) is 5.92 Å². The maximum absolute atomic E-state index is 12.7. The molecule has 0 aromatic carbocycles. The summed E-state index contributed by atoms with van der Waals surface area (Å²) in [6.07, 6.45) is 0.996. The van der Waals surface area contributed by atoms with Gasteiger partial charge in [0.1, 0.15) is 0 Å². The van der Waals surface area contributed by atoms with E-state index < -0.39 is 5.92 Å². The van der Waals surface area contributed by atoms with Crippen LogP contribution in [0.25, 0.3) is 0 Å². The van der Waals surface area contributed by atoms with Crippen molar-refractivity contribution in [3.63, 3.8) is 0 Å². The molecule has 0 amide bonds. The van der Waals surface area contributed by atoms with Crippen molar-refractivity contribution in [3.05, 3.63) is 0 Å². The summed E-state index contributed by atoms with van der Waals surface area (Å²) >= 11 is 6.93. The third-order valence-corrected chi connectivity index (χ3v) is 3.56. The van der Waals surface area contributed by atoms with Crippen LogP contribution in [-0.4, -0.2) is 10.9 Å². The molecule has 12 heavy (non-hydrogen) atoms. The number of hydrogen-bond acceptors (Lipinski definition) is 1. The highest BCUT2D eigenvalue weighted by Gasteiger charge is 2.35. The molecule has 5 heteroatoms. The molecule has 1 aliphatic carbocycles. The van der Waals surface area contributed by atoms with Crippen molar-refractivity contribution in [2.75, 3.05) is 0 Å². The smallest absolute Gasteiger partial charge is 0.248 e. The Balaban J connectivity index is 2.41. The minimum Gasteiger partial charge on any atom is -0.323 e. The summed E-state index contributed by atoms with van der Waals surface area (Å²) in [4.78, 5) is 0.714. The summed E-state index contributed by atoms with van der Waals surface area (Å²) in [7, 11) is 0. The van der Waals surface area contributed by atoms with E-state index in [1.807, 2.05) is 22.9 Å². The van der Waals surface area contributed by atoms with Crippen LogP contribution in [0.3, 0.4) is 0 Å². The summed E-state index contributed by atoms with van der Waals surface area (Å²) in [5.41, 5.74) is 0. The predicted molar refractivity (Wildman–Crippen MR) is 56.7 cm³/mol. The zero-order valence-corrected chi connectivity index (χ0v) is 9.42. The normalized spacial score (nSPS) is 23.6. The Bertz CT molecular complexity index is 176. The number of alkyl halides is 2. The maximum Gasteiger partial charge on any atom is 0.248 e. The Kier molecular flexibility index (Phi) is 3.63. The first-order valence-corrected chi connectivity index (χ1v) is 5.32. The van der Waals surface area contributed by atoms with Crippen molar-refractivity contribution in [1.29, 1.82) is 0 Å². The van der Waals surface area contributed by atoms with Gasteiger partial charge in [-0.2, -0.15) is 0 Å². The van der Waals surface area contributed by atoms with Crippen LogP contribution in [0.15, 0.2) is 0 Å². The molecule has 0 unspecified atom stereocenters. The fraction of sp³-hybridized carbons (Fsp3) is 0.857.